The van der Waals surface area contributed by atoms with Crippen LogP contribution in [-0.4, -0.2) is 47.5 Å². The quantitative estimate of drug-likeness (QED) is 0.644. The van der Waals surface area contributed by atoms with Crippen molar-refractivity contribution in [2.75, 3.05) is 20.2 Å². The van der Waals surface area contributed by atoms with Crippen LogP contribution in [0.5, 0.6) is 5.75 Å². The first kappa shape index (κ1) is 19.6. The maximum Gasteiger partial charge on any atom is 0.262 e. The number of rotatable bonds is 5. The highest BCUT2D eigenvalue weighted by Gasteiger charge is 2.32. The molecule has 1 aliphatic rings. The van der Waals surface area contributed by atoms with Crippen LogP contribution in [0.3, 0.4) is 0 Å². The Labute approximate surface area is 171 Å². The molecule has 0 aliphatic carbocycles. The number of piperidine rings is 1. The Bertz CT molecular complexity index is 1110. The van der Waals surface area contributed by atoms with Crippen molar-refractivity contribution in [3.05, 3.63) is 60.7 Å². The molecule has 3 aromatic rings. The molecule has 0 bridgehead atoms. The summed E-state index contributed by atoms with van der Waals surface area (Å²) in [7, 11) is -0.196. The van der Waals surface area contributed by atoms with Crippen LogP contribution >= 0.6 is 0 Å². The summed E-state index contributed by atoms with van der Waals surface area (Å²) in [5, 5.41) is 0.0939. The first-order chi connectivity index (χ1) is 14.0. The van der Waals surface area contributed by atoms with Gasteiger partial charge < -0.3 is 9.30 Å². The third-order valence-electron chi connectivity index (χ3n) is 5.24. The van der Waals surface area contributed by atoms with Crippen molar-refractivity contribution in [3.8, 4) is 17.0 Å². The van der Waals surface area contributed by atoms with E-state index in [0.29, 0.717) is 13.1 Å². The Morgan fingerprint density at radius 2 is 1.97 bits per heavy atom. The summed E-state index contributed by atoms with van der Waals surface area (Å²) < 4.78 is 34.6. The number of imidazole rings is 1. The molecule has 0 radical (unpaired) electrons. The van der Waals surface area contributed by atoms with Gasteiger partial charge in [-0.1, -0.05) is 18.2 Å². The zero-order valence-corrected chi connectivity index (χ0v) is 17.3. The number of hydrogen-bond acceptors (Lipinski definition) is 5. The number of sulfonamides is 1. The van der Waals surface area contributed by atoms with E-state index in [1.165, 1.54) is 10.6 Å². The summed E-state index contributed by atoms with van der Waals surface area (Å²) in [6.45, 7) is 0.906. The maximum atomic E-state index is 13.0. The van der Waals surface area contributed by atoms with Crippen LogP contribution in [-0.2, 0) is 17.1 Å². The van der Waals surface area contributed by atoms with Gasteiger partial charge in [-0.25, -0.2) is 13.4 Å². The van der Waals surface area contributed by atoms with Crippen LogP contribution in [0.15, 0.2) is 60.0 Å². The number of benzene rings is 1. The van der Waals surface area contributed by atoms with Gasteiger partial charge >= 0.3 is 0 Å². The van der Waals surface area contributed by atoms with Gasteiger partial charge in [0, 0.05) is 43.5 Å². The monoisotopic (exact) mass is 412 g/mol. The van der Waals surface area contributed by atoms with Gasteiger partial charge in [0.05, 0.1) is 19.1 Å². The number of methoxy groups -OCH3 is 1. The van der Waals surface area contributed by atoms with Crippen molar-refractivity contribution < 1.29 is 13.2 Å². The number of nitrogens with zero attached hydrogens (tertiary/aromatic N) is 4. The highest BCUT2D eigenvalue weighted by molar-refractivity contribution is 7.89. The summed E-state index contributed by atoms with van der Waals surface area (Å²) in [4.78, 5) is 8.88. The van der Waals surface area contributed by atoms with E-state index in [4.69, 9.17) is 9.72 Å². The molecule has 8 heteroatoms. The third kappa shape index (κ3) is 3.90. The molecule has 1 aliphatic heterocycles. The second kappa shape index (κ2) is 7.96. The zero-order chi connectivity index (χ0) is 20.4. The molecule has 0 amide bonds. The van der Waals surface area contributed by atoms with Crippen LogP contribution in [0, 0.1) is 0 Å². The predicted molar refractivity (Wildman–Crippen MR) is 110 cm³/mol. The van der Waals surface area contributed by atoms with E-state index < -0.39 is 10.0 Å². The van der Waals surface area contributed by atoms with Gasteiger partial charge in [0.25, 0.3) is 10.0 Å². The lowest BCUT2D eigenvalue weighted by atomic mass is 9.95. The summed E-state index contributed by atoms with van der Waals surface area (Å²) in [5.74, 6) is 0.803. The van der Waals surface area contributed by atoms with Gasteiger partial charge in [-0.05, 0) is 37.1 Å². The molecular weight excluding hydrogens is 388 g/mol. The average Bonchev–Trinajstić information content (AvgIpc) is 3.21. The number of pyridine rings is 1. The molecule has 1 aromatic carbocycles. The second-order valence-corrected chi connectivity index (χ2v) is 9.11. The fourth-order valence-electron chi connectivity index (χ4n) is 3.74. The molecule has 7 nitrogen and oxygen atoms in total. The lowest BCUT2D eigenvalue weighted by molar-refractivity contribution is 0.312. The number of hydrogen-bond donors (Lipinski definition) is 0. The average molecular weight is 413 g/mol. The molecule has 1 saturated heterocycles. The molecule has 3 heterocycles. The van der Waals surface area contributed by atoms with Crippen LogP contribution in [0.2, 0.25) is 0 Å². The van der Waals surface area contributed by atoms with Gasteiger partial charge in [-0.3, -0.25) is 4.98 Å². The van der Waals surface area contributed by atoms with Crippen LogP contribution in [0.4, 0.5) is 0 Å². The van der Waals surface area contributed by atoms with Crippen molar-refractivity contribution in [2.24, 2.45) is 7.05 Å². The van der Waals surface area contributed by atoms with Crippen LogP contribution in [0.25, 0.3) is 11.3 Å². The molecule has 4 rings (SSSR count). The number of aryl methyl sites for hydroxylation is 1. The van der Waals surface area contributed by atoms with Crippen molar-refractivity contribution in [1.29, 1.82) is 0 Å². The molecule has 1 fully saturated rings. The van der Waals surface area contributed by atoms with E-state index in [1.807, 2.05) is 42.5 Å². The van der Waals surface area contributed by atoms with Gasteiger partial charge in [0.2, 0.25) is 0 Å². The van der Waals surface area contributed by atoms with Crippen LogP contribution in [0.1, 0.15) is 24.5 Å². The van der Waals surface area contributed by atoms with E-state index >= 15 is 0 Å². The van der Waals surface area contributed by atoms with Crippen molar-refractivity contribution in [1.82, 2.24) is 18.8 Å². The molecule has 1 unspecified atom stereocenters. The topological polar surface area (TPSA) is 77.3 Å². The largest absolute Gasteiger partial charge is 0.496 e. The molecule has 29 heavy (non-hydrogen) atoms. The Morgan fingerprint density at radius 3 is 2.72 bits per heavy atom. The first-order valence-corrected chi connectivity index (χ1v) is 11.0. The molecule has 0 N–H and O–H groups in total. The van der Waals surface area contributed by atoms with Gasteiger partial charge in [-0.2, -0.15) is 4.31 Å². The molecular formula is C21H24N4O3S. The molecule has 2 aromatic heterocycles. The van der Waals surface area contributed by atoms with E-state index in [0.717, 1.165) is 35.5 Å². The summed E-state index contributed by atoms with van der Waals surface area (Å²) in [5.41, 5.74) is 2.64. The number of para-hydroxylation sites is 1. The fraction of sp³-hybridized carbons (Fsp3) is 0.333. The second-order valence-electron chi connectivity index (χ2n) is 7.23. The van der Waals surface area contributed by atoms with Gasteiger partial charge in [0.1, 0.15) is 5.75 Å². The Morgan fingerprint density at radius 1 is 1.14 bits per heavy atom. The van der Waals surface area contributed by atoms with E-state index in [-0.39, 0.29) is 10.9 Å². The molecule has 0 spiro atoms. The smallest absolute Gasteiger partial charge is 0.262 e. The molecule has 0 saturated carbocycles. The van der Waals surface area contributed by atoms with Crippen molar-refractivity contribution in [3.63, 3.8) is 0 Å². The van der Waals surface area contributed by atoms with Gasteiger partial charge in [-0.15, -0.1) is 0 Å². The summed E-state index contributed by atoms with van der Waals surface area (Å²) in [6, 6.07) is 13.7. The normalized spacial score (nSPS) is 17.9. The van der Waals surface area contributed by atoms with Crippen LogP contribution < -0.4 is 4.74 Å². The van der Waals surface area contributed by atoms with Crippen molar-refractivity contribution in [2.45, 2.75) is 23.8 Å². The lowest BCUT2D eigenvalue weighted by Crippen LogP contribution is -2.39. The van der Waals surface area contributed by atoms with Crippen molar-refractivity contribution >= 4 is 10.0 Å². The lowest BCUT2D eigenvalue weighted by Gasteiger charge is -2.31. The fourth-order valence-corrected chi connectivity index (χ4v) is 5.23. The highest BCUT2D eigenvalue weighted by Crippen LogP contribution is 2.32. The number of aromatic nitrogens is 3. The zero-order valence-electron chi connectivity index (χ0n) is 16.5. The minimum Gasteiger partial charge on any atom is -0.496 e. The maximum absolute atomic E-state index is 13.0. The van der Waals surface area contributed by atoms with E-state index in [1.54, 1.807) is 24.9 Å². The Hall–Kier alpha value is -2.71. The number of ether oxygens (including phenoxy) is 1. The van der Waals surface area contributed by atoms with E-state index in [2.05, 4.69) is 4.98 Å². The first-order valence-electron chi connectivity index (χ1n) is 9.57. The predicted octanol–water partition coefficient (Wildman–Crippen LogP) is 3.06. The minimum absolute atomic E-state index is 0.0388. The SMILES string of the molecule is COc1ccccc1-c1cccc(C2CCCN(S(=O)(=O)c3cn(C)cn3)C2)n1. The standard InChI is InChI=1S/C21H24N4O3S/c1-24-14-21(22-15-24)29(26,27)25-12-6-7-16(13-25)18-9-5-10-19(23-18)17-8-3-4-11-20(17)28-2/h3-5,8-11,14-16H,6-7,12-13H2,1-2H3. The summed E-state index contributed by atoms with van der Waals surface area (Å²) in [6.07, 6.45) is 4.74. The molecule has 152 valence electrons. The third-order valence-corrected chi connectivity index (χ3v) is 6.99. The van der Waals surface area contributed by atoms with E-state index in [9.17, 15) is 8.42 Å². The van der Waals surface area contributed by atoms with Gasteiger partial charge in [0.15, 0.2) is 5.03 Å². The summed E-state index contributed by atoms with van der Waals surface area (Å²) >= 11 is 0. The molecule has 1 atom stereocenters. The minimum atomic E-state index is -3.60. The highest BCUT2D eigenvalue weighted by atomic mass is 32.2. The Kier molecular flexibility index (Phi) is 5.38. The Balaban J connectivity index is 1.61.